The smallest absolute Gasteiger partial charge is 0.338 e. The van der Waals surface area contributed by atoms with Crippen LogP contribution < -0.4 is 9.64 Å². The number of anilines is 1. The van der Waals surface area contributed by atoms with E-state index in [1.54, 1.807) is 43.3 Å². The topological polar surface area (TPSA) is 76.2 Å². The molecule has 1 aliphatic rings. The molecule has 0 saturated carbocycles. The summed E-state index contributed by atoms with van der Waals surface area (Å²) in [5.41, 5.74) is 1.96. The van der Waals surface area contributed by atoms with E-state index in [4.69, 9.17) is 9.47 Å². The number of carbonyl (C=O) groups excluding carboxylic acids is 3. The van der Waals surface area contributed by atoms with Gasteiger partial charge in [-0.25, -0.2) is 4.79 Å². The number of carbonyl (C=O) groups is 3. The van der Waals surface area contributed by atoms with Gasteiger partial charge in [0.2, 0.25) is 5.91 Å². The van der Waals surface area contributed by atoms with Gasteiger partial charge >= 0.3 is 5.97 Å². The molecule has 0 atom stereocenters. The first-order valence-corrected chi connectivity index (χ1v) is 9.43. The maximum absolute atomic E-state index is 12.3. The summed E-state index contributed by atoms with van der Waals surface area (Å²) in [5, 5.41) is 0. The Morgan fingerprint density at radius 2 is 1.83 bits per heavy atom. The summed E-state index contributed by atoms with van der Waals surface area (Å²) in [7, 11) is 3.22. The minimum Gasteiger partial charge on any atom is -0.496 e. The molecule has 1 aliphatic heterocycles. The maximum atomic E-state index is 12.3. The van der Waals surface area contributed by atoms with Crippen LogP contribution in [0.5, 0.6) is 5.75 Å². The molecule has 0 aromatic heterocycles. The van der Waals surface area contributed by atoms with E-state index in [0.29, 0.717) is 30.8 Å². The zero-order chi connectivity index (χ0) is 20.8. The minimum atomic E-state index is -0.580. The summed E-state index contributed by atoms with van der Waals surface area (Å²) in [6.45, 7) is 0.686. The van der Waals surface area contributed by atoms with Crippen molar-refractivity contribution in [3.05, 3.63) is 59.7 Å². The zero-order valence-corrected chi connectivity index (χ0v) is 16.6. The summed E-state index contributed by atoms with van der Waals surface area (Å²) in [6, 6.07) is 14.1. The summed E-state index contributed by atoms with van der Waals surface area (Å²) in [6.07, 6.45) is 1.39. The van der Waals surface area contributed by atoms with E-state index in [1.165, 1.54) is 4.90 Å². The molecular formula is C22H24N2O5. The van der Waals surface area contributed by atoms with Crippen LogP contribution in [0.3, 0.4) is 0 Å². The Hall–Kier alpha value is -3.35. The SMILES string of the molecule is COc1ccccc1CN(C)C(=O)COC(=O)c1ccc(N2CCCC2=O)cc1. The number of nitrogens with zero attached hydrogens (tertiary/aromatic N) is 2. The summed E-state index contributed by atoms with van der Waals surface area (Å²) < 4.78 is 10.4. The third-order valence-corrected chi connectivity index (χ3v) is 4.84. The molecule has 7 nitrogen and oxygen atoms in total. The number of esters is 1. The predicted octanol–water partition coefficient (Wildman–Crippen LogP) is 2.64. The molecule has 0 unspecified atom stereocenters. The first-order valence-electron chi connectivity index (χ1n) is 9.43. The predicted molar refractivity (Wildman–Crippen MR) is 108 cm³/mol. The highest BCUT2D eigenvalue weighted by Crippen LogP contribution is 2.22. The molecule has 1 heterocycles. The summed E-state index contributed by atoms with van der Waals surface area (Å²) in [5.74, 6) is -0.114. The zero-order valence-electron chi connectivity index (χ0n) is 16.6. The van der Waals surface area contributed by atoms with Crippen LogP contribution in [0.25, 0.3) is 0 Å². The van der Waals surface area contributed by atoms with Gasteiger partial charge in [-0.1, -0.05) is 18.2 Å². The molecule has 2 amide bonds. The average molecular weight is 396 g/mol. The Kier molecular flexibility index (Phi) is 6.49. The van der Waals surface area contributed by atoms with Gasteiger partial charge in [0.25, 0.3) is 5.91 Å². The van der Waals surface area contributed by atoms with E-state index in [9.17, 15) is 14.4 Å². The van der Waals surface area contributed by atoms with Gasteiger partial charge in [-0.3, -0.25) is 9.59 Å². The molecule has 0 radical (unpaired) electrons. The number of para-hydroxylation sites is 1. The lowest BCUT2D eigenvalue weighted by Gasteiger charge is -2.19. The minimum absolute atomic E-state index is 0.0870. The van der Waals surface area contributed by atoms with E-state index >= 15 is 0 Å². The number of rotatable bonds is 7. The van der Waals surface area contributed by atoms with Gasteiger partial charge in [0.05, 0.1) is 12.7 Å². The molecule has 2 aromatic rings. The van der Waals surface area contributed by atoms with Crippen LogP contribution in [-0.2, 0) is 20.9 Å². The van der Waals surface area contributed by atoms with Crippen molar-refractivity contribution >= 4 is 23.5 Å². The number of benzene rings is 2. The van der Waals surface area contributed by atoms with E-state index in [0.717, 1.165) is 17.7 Å². The first kappa shape index (κ1) is 20.4. The molecule has 29 heavy (non-hydrogen) atoms. The average Bonchev–Trinajstić information content (AvgIpc) is 3.18. The quantitative estimate of drug-likeness (QED) is 0.673. The van der Waals surface area contributed by atoms with Crippen molar-refractivity contribution < 1.29 is 23.9 Å². The van der Waals surface area contributed by atoms with Gasteiger partial charge in [-0.15, -0.1) is 0 Å². The fourth-order valence-corrected chi connectivity index (χ4v) is 3.20. The molecule has 2 aromatic carbocycles. The number of hydrogen-bond acceptors (Lipinski definition) is 5. The van der Waals surface area contributed by atoms with E-state index in [1.807, 2.05) is 24.3 Å². The van der Waals surface area contributed by atoms with Crippen LogP contribution in [0.4, 0.5) is 5.69 Å². The van der Waals surface area contributed by atoms with Gasteiger partial charge < -0.3 is 19.3 Å². The van der Waals surface area contributed by atoms with Crippen molar-refractivity contribution in [1.82, 2.24) is 4.90 Å². The lowest BCUT2D eigenvalue weighted by atomic mass is 10.2. The Balaban J connectivity index is 1.53. The van der Waals surface area contributed by atoms with Crippen LogP contribution in [0.15, 0.2) is 48.5 Å². The molecular weight excluding hydrogens is 372 g/mol. The second-order valence-electron chi connectivity index (χ2n) is 6.83. The molecule has 0 bridgehead atoms. The Bertz CT molecular complexity index is 894. The van der Waals surface area contributed by atoms with E-state index in [2.05, 4.69) is 0 Å². The number of amides is 2. The number of methoxy groups -OCH3 is 1. The Morgan fingerprint density at radius 1 is 1.10 bits per heavy atom. The van der Waals surface area contributed by atoms with Gasteiger partial charge in [0, 0.05) is 37.8 Å². The van der Waals surface area contributed by atoms with Gasteiger partial charge in [0.15, 0.2) is 6.61 Å². The van der Waals surface area contributed by atoms with Gasteiger partial charge in [0.1, 0.15) is 5.75 Å². The Morgan fingerprint density at radius 3 is 2.48 bits per heavy atom. The van der Waals surface area contributed by atoms with E-state index in [-0.39, 0.29) is 18.4 Å². The van der Waals surface area contributed by atoms with Crippen molar-refractivity contribution in [2.75, 3.05) is 32.2 Å². The van der Waals surface area contributed by atoms with Crippen LogP contribution in [0.1, 0.15) is 28.8 Å². The number of hydrogen-bond donors (Lipinski definition) is 0. The largest absolute Gasteiger partial charge is 0.496 e. The van der Waals surface area contributed by atoms with Crippen molar-refractivity contribution in [1.29, 1.82) is 0 Å². The molecule has 7 heteroatoms. The molecule has 0 spiro atoms. The second-order valence-corrected chi connectivity index (χ2v) is 6.83. The second kappa shape index (κ2) is 9.23. The summed E-state index contributed by atoms with van der Waals surface area (Å²) >= 11 is 0. The monoisotopic (exact) mass is 396 g/mol. The molecule has 3 rings (SSSR count). The fourth-order valence-electron chi connectivity index (χ4n) is 3.20. The number of ether oxygens (including phenoxy) is 2. The maximum Gasteiger partial charge on any atom is 0.338 e. The molecule has 0 aliphatic carbocycles. The third kappa shape index (κ3) is 4.93. The lowest BCUT2D eigenvalue weighted by Crippen LogP contribution is -2.31. The summed E-state index contributed by atoms with van der Waals surface area (Å²) in [4.78, 5) is 39.5. The van der Waals surface area contributed by atoms with E-state index < -0.39 is 5.97 Å². The van der Waals surface area contributed by atoms with Crippen molar-refractivity contribution in [3.8, 4) is 5.75 Å². The first-order chi connectivity index (χ1) is 14.0. The van der Waals surface area contributed by atoms with Crippen LogP contribution in [0, 0.1) is 0 Å². The molecule has 1 fully saturated rings. The molecule has 1 saturated heterocycles. The molecule has 152 valence electrons. The third-order valence-electron chi connectivity index (χ3n) is 4.84. The highest BCUT2D eigenvalue weighted by Gasteiger charge is 2.22. The molecule has 0 N–H and O–H groups in total. The van der Waals surface area contributed by atoms with Gasteiger partial charge in [-0.05, 0) is 36.8 Å². The van der Waals surface area contributed by atoms with Crippen LogP contribution in [0.2, 0.25) is 0 Å². The van der Waals surface area contributed by atoms with Crippen LogP contribution in [-0.4, -0.2) is 50.0 Å². The van der Waals surface area contributed by atoms with Gasteiger partial charge in [-0.2, -0.15) is 0 Å². The number of likely N-dealkylation sites (N-methyl/N-ethyl adjacent to an activating group) is 1. The highest BCUT2D eigenvalue weighted by atomic mass is 16.5. The normalized spacial score (nSPS) is 13.3. The fraction of sp³-hybridized carbons (Fsp3) is 0.318. The van der Waals surface area contributed by atoms with Crippen molar-refractivity contribution in [2.45, 2.75) is 19.4 Å². The van der Waals surface area contributed by atoms with Crippen molar-refractivity contribution in [2.24, 2.45) is 0 Å². The van der Waals surface area contributed by atoms with Crippen LogP contribution >= 0.6 is 0 Å². The Labute approximate surface area is 169 Å². The standard InChI is InChI=1S/C22H24N2O5/c1-23(14-17-6-3-4-7-19(17)28-2)21(26)15-29-22(27)16-9-11-18(12-10-16)24-13-5-8-20(24)25/h3-4,6-7,9-12H,5,8,13-15H2,1-2H3. The lowest BCUT2D eigenvalue weighted by molar-refractivity contribution is -0.133. The van der Waals surface area contributed by atoms with Crippen molar-refractivity contribution in [3.63, 3.8) is 0 Å². The highest BCUT2D eigenvalue weighted by molar-refractivity contribution is 5.96.